The number of aromatic hydroxyl groups is 8. The van der Waals surface area contributed by atoms with E-state index in [9.17, 15) is 30.6 Å². The lowest BCUT2D eigenvalue weighted by Gasteiger charge is -2.20. The van der Waals surface area contributed by atoms with Crippen molar-refractivity contribution in [1.82, 2.24) is 0 Å². The minimum absolute atomic E-state index is 0.0955. The molecule has 8 N–H and O–H groups in total. The summed E-state index contributed by atoms with van der Waals surface area (Å²) in [7, 11) is 0. The van der Waals surface area contributed by atoms with Crippen LogP contribution in [0.4, 0.5) is 0 Å². The Bertz CT molecular complexity index is 988. The topological polar surface area (TPSA) is 162 Å². The predicted octanol–water partition coefficient (Wildman–Crippen LogP) is 3.87. The summed E-state index contributed by atoms with van der Waals surface area (Å²) in [6.07, 6.45) is 0.440. The van der Waals surface area contributed by atoms with Crippen LogP contribution in [0.25, 0.3) is 0 Å². The monoisotopic (exact) mass is 416 g/mol. The van der Waals surface area contributed by atoms with Crippen LogP contribution in [0, 0.1) is 6.92 Å². The summed E-state index contributed by atoms with van der Waals surface area (Å²) in [5.74, 6) is -3.49. The molecule has 0 spiro atoms. The molecule has 0 unspecified atom stereocenters. The van der Waals surface area contributed by atoms with Crippen molar-refractivity contribution in [3.8, 4) is 46.0 Å². The number of phenolic OH excluding ortho intramolecular Hbond substituents is 8. The van der Waals surface area contributed by atoms with Crippen LogP contribution in [0.3, 0.4) is 0 Å². The quantitative estimate of drug-likeness (QED) is 0.298. The molecule has 3 aromatic rings. The van der Waals surface area contributed by atoms with Crippen LogP contribution < -0.4 is 0 Å². The third-order valence-electron chi connectivity index (χ3n) is 4.67. The molecule has 0 aromatic heterocycles. The van der Waals surface area contributed by atoms with Crippen molar-refractivity contribution < 1.29 is 40.9 Å². The van der Waals surface area contributed by atoms with Gasteiger partial charge in [0.15, 0.2) is 23.0 Å². The molecule has 0 bridgehead atoms. The van der Waals surface area contributed by atoms with Crippen LogP contribution in [0.2, 0.25) is 0 Å². The van der Waals surface area contributed by atoms with Gasteiger partial charge >= 0.3 is 0 Å². The number of phenols is 8. The third kappa shape index (κ3) is 4.54. The zero-order valence-electron chi connectivity index (χ0n) is 16.4. The zero-order valence-corrected chi connectivity index (χ0v) is 16.4. The van der Waals surface area contributed by atoms with Crippen molar-refractivity contribution in [3.05, 3.63) is 59.2 Å². The van der Waals surface area contributed by atoms with E-state index in [2.05, 4.69) is 0 Å². The zero-order chi connectivity index (χ0) is 22.6. The minimum atomic E-state index is -0.645. The van der Waals surface area contributed by atoms with Gasteiger partial charge in [0.25, 0.3) is 0 Å². The van der Waals surface area contributed by atoms with Gasteiger partial charge in [-0.15, -0.1) is 0 Å². The Labute approximate surface area is 172 Å². The van der Waals surface area contributed by atoms with Gasteiger partial charge in [-0.3, -0.25) is 0 Å². The molecule has 8 heteroatoms. The number of aryl methyl sites for hydroxylation is 1. The van der Waals surface area contributed by atoms with Gasteiger partial charge in [0, 0.05) is 23.1 Å². The van der Waals surface area contributed by atoms with E-state index >= 15 is 0 Å². The highest BCUT2D eigenvalue weighted by Crippen LogP contribution is 2.47. The molecule has 8 nitrogen and oxygen atoms in total. The molecule has 0 aliphatic carbocycles. The summed E-state index contributed by atoms with van der Waals surface area (Å²) in [6.45, 7) is 3.56. The molecule has 0 radical (unpaired) electrons. The van der Waals surface area contributed by atoms with E-state index in [-0.39, 0.29) is 22.6 Å². The van der Waals surface area contributed by atoms with E-state index in [1.54, 1.807) is 19.9 Å². The van der Waals surface area contributed by atoms with Gasteiger partial charge in [-0.1, -0.05) is 25.1 Å². The lowest BCUT2D eigenvalue weighted by molar-refractivity contribution is 0.358. The van der Waals surface area contributed by atoms with Gasteiger partial charge < -0.3 is 40.9 Å². The van der Waals surface area contributed by atoms with Crippen LogP contribution in [0.5, 0.6) is 46.0 Å². The minimum Gasteiger partial charge on any atom is -0.508 e. The fourth-order valence-corrected chi connectivity index (χ4v) is 2.94. The molecule has 0 fully saturated rings. The SMILES string of the molecule is CCC(c1ccc(O)c(O)c1O)c1ccc(O)c(O)c1O.Cc1ccc(O)cc1O. The van der Waals surface area contributed by atoms with Crippen LogP contribution in [0.1, 0.15) is 36.0 Å². The smallest absolute Gasteiger partial charge is 0.200 e. The summed E-state index contributed by atoms with van der Waals surface area (Å²) in [6, 6.07) is 9.80. The van der Waals surface area contributed by atoms with E-state index in [0.29, 0.717) is 6.42 Å². The van der Waals surface area contributed by atoms with Gasteiger partial charge in [0.2, 0.25) is 11.5 Å². The highest BCUT2D eigenvalue weighted by atomic mass is 16.3. The molecule has 160 valence electrons. The van der Waals surface area contributed by atoms with E-state index < -0.39 is 40.4 Å². The lowest BCUT2D eigenvalue weighted by Crippen LogP contribution is -2.01. The second-order valence-electron chi connectivity index (χ2n) is 6.67. The highest BCUT2D eigenvalue weighted by molar-refractivity contribution is 5.60. The van der Waals surface area contributed by atoms with Crippen molar-refractivity contribution in [2.24, 2.45) is 0 Å². The molecule has 0 saturated carbocycles. The fourth-order valence-electron chi connectivity index (χ4n) is 2.94. The van der Waals surface area contributed by atoms with E-state index in [4.69, 9.17) is 10.2 Å². The summed E-state index contributed by atoms with van der Waals surface area (Å²) in [5.41, 5.74) is 1.34. The first kappa shape index (κ1) is 22.4. The molecular weight excluding hydrogens is 392 g/mol. The van der Waals surface area contributed by atoms with Crippen LogP contribution in [-0.2, 0) is 0 Å². The van der Waals surface area contributed by atoms with Gasteiger partial charge in [0.1, 0.15) is 11.5 Å². The van der Waals surface area contributed by atoms with Crippen molar-refractivity contribution in [2.45, 2.75) is 26.2 Å². The molecule has 0 saturated heterocycles. The van der Waals surface area contributed by atoms with Gasteiger partial charge in [0.05, 0.1) is 0 Å². The summed E-state index contributed by atoms with van der Waals surface area (Å²) < 4.78 is 0. The predicted molar refractivity (Wildman–Crippen MR) is 110 cm³/mol. The molecular formula is C22H24O8. The Morgan fingerprint density at radius 3 is 1.43 bits per heavy atom. The van der Waals surface area contributed by atoms with Gasteiger partial charge in [-0.05, 0) is 37.1 Å². The van der Waals surface area contributed by atoms with E-state index in [1.807, 2.05) is 0 Å². The average Bonchev–Trinajstić information content (AvgIpc) is 2.71. The second kappa shape index (κ2) is 9.04. The summed E-state index contributed by atoms with van der Waals surface area (Å²) in [5, 5.41) is 75.5. The number of benzene rings is 3. The third-order valence-corrected chi connectivity index (χ3v) is 4.67. The van der Waals surface area contributed by atoms with Gasteiger partial charge in [-0.2, -0.15) is 0 Å². The van der Waals surface area contributed by atoms with Crippen molar-refractivity contribution >= 4 is 0 Å². The molecule has 0 aliphatic rings. The Morgan fingerprint density at radius 2 is 1.07 bits per heavy atom. The molecule has 0 atom stereocenters. The Hall–Kier alpha value is -3.94. The summed E-state index contributed by atoms with van der Waals surface area (Å²) in [4.78, 5) is 0. The largest absolute Gasteiger partial charge is 0.508 e. The highest BCUT2D eigenvalue weighted by Gasteiger charge is 2.24. The molecule has 3 aromatic carbocycles. The molecule has 0 amide bonds. The first-order valence-corrected chi connectivity index (χ1v) is 9.04. The normalized spacial score (nSPS) is 10.5. The van der Waals surface area contributed by atoms with Crippen LogP contribution in [-0.4, -0.2) is 40.9 Å². The van der Waals surface area contributed by atoms with Crippen molar-refractivity contribution in [3.63, 3.8) is 0 Å². The summed E-state index contributed by atoms with van der Waals surface area (Å²) >= 11 is 0. The van der Waals surface area contributed by atoms with E-state index in [1.165, 1.54) is 36.4 Å². The molecule has 3 rings (SSSR count). The van der Waals surface area contributed by atoms with Crippen molar-refractivity contribution in [1.29, 1.82) is 0 Å². The average molecular weight is 416 g/mol. The number of rotatable bonds is 3. The molecule has 30 heavy (non-hydrogen) atoms. The Kier molecular flexibility index (Phi) is 6.73. The Balaban J connectivity index is 0.000000297. The van der Waals surface area contributed by atoms with Gasteiger partial charge in [-0.25, -0.2) is 0 Å². The standard InChI is InChI=1S/C15H16O6.C7H8O2/c1-2-7(8-3-5-10(16)14(20)12(8)18)9-4-6-11(17)15(21)13(9)19;1-5-2-3-6(8)4-7(5)9/h3-7,16-21H,2H2,1H3;2-4,8-9H,1H3. The number of hydrogen-bond acceptors (Lipinski definition) is 8. The first-order valence-electron chi connectivity index (χ1n) is 9.04. The maximum Gasteiger partial charge on any atom is 0.200 e. The second-order valence-corrected chi connectivity index (χ2v) is 6.67. The van der Waals surface area contributed by atoms with E-state index in [0.717, 1.165) is 5.56 Å². The first-order chi connectivity index (χ1) is 14.1. The Morgan fingerprint density at radius 1 is 0.600 bits per heavy atom. The lowest BCUT2D eigenvalue weighted by atomic mass is 9.87. The molecule has 0 heterocycles. The van der Waals surface area contributed by atoms with Crippen molar-refractivity contribution in [2.75, 3.05) is 0 Å². The maximum absolute atomic E-state index is 9.95. The fraction of sp³-hybridized carbons (Fsp3) is 0.182. The maximum atomic E-state index is 9.95. The van der Waals surface area contributed by atoms with Crippen LogP contribution in [0.15, 0.2) is 42.5 Å². The molecule has 0 aliphatic heterocycles. The van der Waals surface area contributed by atoms with Crippen LogP contribution >= 0.6 is 0 Å². The number of hydrogen-bond donors (Lipinski definition) is 8.